The molecular formula is C14H20Cl2IN3. The third-order valence-electron chi connectivity index (χ3n) is 3.28. The fraction of sp³-hybridized carbons (Fsp3) is 0.500. The van der Waals surface area contributed by atoms with E-state index in [-0.39, 0.29) is 24.0 Å². The molecule has 0 radical (unpaired) electrons. The average molecular weight is 428 g/mol. The lowest BCUT2D eigenvalue weighted by molar-refractivity contribution is 0.758. The maximum Gasteiger partial charge on any atom is 0.191 e. The second-order valence-corrected chi connectivity index (χ2v) is 5.86. The van der Waals surface area contributed by atoms with Crippen LogP contribution in [0.2, 0.25) is 10.0 Å². The SMILES string of the molecule is CN=C(NCCc1cc(Cl)cc(Cl)c1)NC1CC1C.I. The first kappa shape index (κ1) is 17.9. The molecule has 2 rings (SSSR count). The first-order chi connectivity index (χ1) is 9.08. The van der Waals surface area contributed by atoms with Crippen LogP contribution in [0.25, 0.3) is 0 Å². The zero-order valence-electron chi connectivity index (χ0n) is 11.6. The Kier molecular flexibility index (Phi) is 7.40. The van der Waals surface area contributed by atoms with Crippen molar-refractivity contribution in [2.24, 2.45) is 10.9 Å². The lowest BCUT2D eigenvalue weighted by Gasteiger charge is -2.11. The van der Waals surface area contributed by atoms with Crippen LogP contribution in [0.4, 0.5) is 0 Å². The van der Waals surface area contributed by atoms with E-state index in [1.54, 1.807) is 13.1 Å². The molecule has 2 atom stereocenters. The topological polar surface area (TPSA) is 36.4 Å². The minimum absolute atomic E-state index is 0. The Morgan fingerprint density at radius 3 is 2.40 bits per heavy atom. The molecule has 1 aliphatic carbocycles. The molecule has 0 aliphatic heterocycles. The summed E-state index contributed by atoms with van der Waals surface area (Å²) in [6.07, 6.45) is 2.09. The molecule has 0 saturated heterocycles. The molecule has 1 aliphatic rings. The van der Waals surface area contributed by atoms with Gasteiger partial charge in [-0.25, -0.2) is 0 Å². The fourth-order valence-corrected chi connectivity index (χ4v) is 2.55. The number of hydrogen-bond acceptors (Lipinski definition) is 1. The number of guanidine groups is 1. The average Bonchev–Trinajstić information content (AvgIpc) is 3.02. The van der Waals surface area contributed by atoms with Crippen LogP contribution in [-0.2, 0) is 6.42 Å². The first-order valence-corrected chi connectivity index (χ1v) is 7.26. The van der Waals surface area contributed by atoms with Crippen LogP contribution < -0.4 is 10.6 Å². The number of rotatable bonds is 4. The summed E-state index contributed by atoms with van der Waals surface area (Å²) in [6, 6.07) is 6.20. The Labute approximate surface area is 147 Å². The van der Waals surface area contributed by atoms with E-state index >= 15 is 0 Å². The van der Waals surface area contributed by atoms with Gasteiger partial charge in [0.25, 0.3) is 0 Å². The maximum absolute atomic E-state index is 5.97. The number of nitrogens with zero attached hydrogens (tertiary/aromatic N) is 1. The predicted molar refractivity (Wildman–Crippen MR) is 97.6 cm³/mol. The van der Waals surface area contributed by atoms with Gasteiger partial charge in [-0.05, 0) is 42.5 Å². The molecule has 6 heteroatoms. The van der Waals surface area contributed by atoms with Crippen LogP contribution in [0.5, 0.6) is 0 Å². The maximum atomic E-state index is 5.97. The fourth-order valence-electron chi connectivity index (χ4n) is 1.97. The molecule has 2 unspecified atom stereocenters. The highest BCUT2D eigenvalue weighted by Crippen LogP contribution is 2.28. The van der Waals surface area contributed by atoms with Crippen LogP contribution in [0.3, 0.4) is 0 Å². The number of nitrogens with one attached hydrogen (secondary N) is 2. The van der Waals surface area contributed by atoms with Crippen molar-refractivity contribution in [1.82, 2.24) is 10.6 Å². The molecule has 20 heavy (non-hydrogen) atoms. The highest BCUT2D eigenvalue weighted by atomic mass is 127. The summed E-state index contributed by atoms with van der Waals surface area (Å²) in [6.45, 7) is 3.04. The van der Waals surface area contributed by atoms with Gasteiger partial charge in [-0.1, -0.05) is 30.1 Å². The van der Waals surface area contributed by atoms with E-state index in [0.29, 0.717) is 16.1 Å². The van der Waals surface area contributed by atoms with Crippen molar-refractivity contribution in [1.29, 1.82) is 0 Å². The Morgan fingerprint density at radius 1 is 1.30 bits per heavy atom. The zero-order valence-corrected chi connectivity index (χ0v) is 15.5. The third kappa shape index (κ3) is 5.66. The number of benzene rings is 1. The molecule has 1 fully saturated rings. The minimum atomic E-state index is 0. The van der Waals surface area contributed by atoms with Crippen molar-refractivity contribution in [3.63, 3.8) is 0 Å². The van der Waals surface area contributed by atoms with Gasteiger partial charge >= 0.3 is 0 Å². The van der Waals surface area contributed by atoms with E-state index in [1.807, 2.05) is 12.1 Å². The lowest BCUT2D eigenvalue weighted by Crippen LogP contribution is -2.39. The van der Waals surface area contributed by atoms with Gasteiger partial charge in [0.2, 0.25) is 0 Å². The van der Waals surface area contributed by atoms with Gasteiger partial charge in [-0.3, -0.25) is 4.99 Å². The summed E-state index contributed by atoms with van der Waals surface area (Å²) in [5.74, 6) is 1.62. The van der Waals surface area contributed by atoms with Crippen LogP contribution in [0.1, 0.15) is 18.9 Å². The molecule has 1 saturated carbocycles. The van der Waals surface area contributed by atoms with Crippen molar-refractivity contribution in [3.8, 4) is 0 Å². The minimum Gasteiger partial charge on any atom is -0.356 e. The second kappa shape index (κ2) is 8.29. The Bertz CT molecular complexity index is 459. The normalized spacial score (nSPS) is 21.1. The summed E-state index contributed by atoms with van der Waals surface area (Å²) in [7, 11) is 1.79. The van der Waals surface area contributed by atoms with Crippen molar-refractivity contribution in [2.45, 2.75) is 25.8 Å². The van der Waals surface area contributed by atoms with Crippen molar-refractivity contribution in [2.75, 3.05) is 13.6 Å². The van der Waals surface area contributed by atoms with Gasteiger partial charge in [0, 0.05) is 29.7 Å². The summed E-state index contributed by atoms with van der Waals surface area (Å²) >= 11 is 11.9. The quantitative estimate of drug-likeness (QED) is 0.436. The van der Waals surface area contributed by atoms with Gasteiger partial charge in [0.1, 0.15) is 0 Å². The van der Waals surface area contributed by atoms with Gasteiger partial charge < -0.3 is 10.6 Å². The van der Waals surface area contributed by atoms with Crippen molar-refractivity contribution < 1.29 is 0 Å². The van der Waals surface area contributed by atoms with Gasteiger partial charge in [-0.2, -0.15) is 0 Å². The molecule has 0 aromatic heterocycles. The molecule has 1 aromatic rings. The second-order valence-electron chi connectivity index (χ2n) is 4.99. The van der Waals surface area contributed by atoms with E-state index in [2.05, 4.69) is 22.5 Å². The highest BCUT2D eigenvalue weighted by Gasteiger charge is 2.33. The van der Waals surface area contributed by atoms with Crippen molar-refractivity contribution >= 4 is 53.1 Å². The summed E-state index contributed by atoms with van der Waals surface area (Å²) in [4.78, 5) is 4.21. The molecule has 0 spiro atoms. The van der Waals surface area contributed by atoms with Crippen LogP contribution >= 0.6 is 47.2 Å². The van der Waals surface area contributed by atoms with Crippen LogP contribution in [0, 0.1) is 5.92 Å². The van der Waals surface area contributed by atoms with E-state index in [0.717, 1.165) is 30.4 Å². The third-order valence-corrected chi connectivity index (χ3v) is 3.72. The molecule has 2 N–H and O–H groups in total. The van der Waals surface area contributed by atoms with Crippen LogP contribution in [0.15, 0.2) is 23.2 Å². The first-order valence-electron chi connectivity index (χ1n) is 6.50. The molecule has 0 heterocycles. The lowest BCUT2D eigenvalue weighted by atomic mass is 10.1. The predicted octanol–water partition coefficient (Wildman–Crippen LogP) is 3.73. The zero-order chi connectivity index (χ0) is 13.8. The number of halogens is 3. The standard InChI is InChI=1S/C14H19Cl2N3.HI/c1-9-5-13(9)19-14(17-2)18-4-3-10-6-11(15)8-12(16)7-10;/h6-9,13H,3-5H2,1-2H3,(H2,17,18,19);1H. The molecule has 112 valence electrons. The van der Waals surface area contributed by atoms with Crippen LogP contribution in [-0.4, -0.2) is 25.6 Å². The van der Waals surface area contributed by atoms with E-state index in [9.17, 15) is 0 Å². The summed E-state index contributed by atoms with van der Waals surface area (Å²) in [5.41, 5.74) is 1.13. The molecule has 0 amide bonds. The Balaban J connectivity index is 0.00000200. The van der Waals surface area contributed by atoms with E-state index < -0.39 is 0 Å². The Hall–Kier alpha value is -0.200. The largest absolute Gasteiger partial charge is 0.356 e. The summed E-state index contributed by atoms with van der Waals surface area (Å²) in [5, 5.41) is 8.04. The molecule has 3 nitrogen and oxygen atoms in total. The smallest absolute Gasteiger partial charge is 0.191 e. The number of aliphatic imine (C=N–C) groups is 1. The Morgan fingerprint density at radius 2 is 1.90 bits per heavy atom. The van der Waals surface area contributed by atoms with Gasteiger partial charge in [-0.15, -0.1) is 24.0 Å². The van der Waals surface area contributed by atoms with Gasteiger partial charge in [0.15, 0.2) is 5.96 Å². The van der Waals surface area contributed by atoms with Crippen molar-refractivity contribution in [3.05, 3.63) is 33.8 Å². The van der Waals surface area contributed by atoms with E-state index in [1.165, 1.54) is 6.42 Å². The number of hydrogen-bond donors (Lipinski definition) is 2. The molecule has 1 aromatic carbocycles. The monoisotopic (exact) mass is 427 g/mol. The highest BCUT2D eigenvalue weighted by molar-refractivity contribution is 14.0. The van der Waals surface area contributed by atoms with E-state index in [4.69, 9.17) is 23.2 Å². The summed E-state index contributed by atoms with van der Waals surface area (Å²) < 4.78 is 0. The molecular weight excluding hydrogens is 408 g/mol. The molecule has 0 bridgehead atoms. The van der Waals surface area contributed by atoms with Gasteiger partial charge in [0.05, 0.1) is 0 Å².